The normalized spacial score (nSPS) is 16.3. The van der Waals surface area contributed by atoms with Gasteiger partial charge in [-0.25, -0.2) is 4.79 Å². The number of aliphatic carboxylic acids is 1. The fourth-order valence-corrected chi connectivity index (χ4v) is 4.47. The fourth-order valence-electron chi connectivity index (χ4n) is 4.47. The lowest BCUT2D eigenvalue weighted by Crippen LogP contribution is -2.17. The maximum Gasteiger partial charge on any atom is 0.346 e. The average Bonchev–Trinajstić information content (AvgIpc) is 3.57. The number of carboxylic acid groups (broad SMARTS) is 1. The molecule has 5 nitrogen and oxygen atoms in total. The molecule has 2 aromatic carbocycles. The van der Waals surface area contributed by atoms with Crippen LogP contribution in [0.4, 0.5) is 11.4 Å². The summed E-state index contributed by atoms with van der Waals surface area (Å²) in [5.41, 5.74) is 5.45. The summed E-state index contributed by atoms with van der Waals surface area (Å²) in [7, 11) is 0. The molecule has 1 N–H and O–H groups in total. The van der Waals surface area contributed by atoms with Crippen LogP contribution < -0.4 is 9.80 Å². The first kappa shape index (κ1) is 22.4. The van der Waals surface area contributed by atoms with Crippen LogP contribution in [0.25, 0.3) is 5.57 Å². The van der Waals surface area contributed by atoms with Crippen LogP contribution in [-0.2, 0) is 4.79 Å². The van der Waals surface area contributed by atoms with Gasteiger partial charge in [0.25, 0.3) is 0 Å². The zero-order valence-electron chi connectivity index (χ0n) is 18.8. The van der Waals surface area contributed by atoms with Crippen molar-refractivity contribution in [3.63, 3.8) is 0 Å². The van der Waals surface area contributed by atoms with Crippen molar-refractivity contribution in [2.45, 2.75) is 25.7 Å². The van der Waals surface area contributed by atoms with E-state index in [4.69, 9.17) is 10.4 Å². The largest absolute Gasteiger partial charge is 0.477 e. The van der Waals surface area contributed by atoms with Crippen molar-refractivity contribution in [1.29, 1.82) is 5.26 Å². The van der Waals surface area contributed by atoms with Gasteiger partial charge in [-0.15, -0.1) is 0 Å². The number of carboxylic acids is 1. The molecule has 5 heteroatoms. The summed E-state index contributed by atoms with van der Waals surface area (Å²) in [6.45, 7) is 4.44. The second-order valence-electron chi connectivity index (χ2n) is 8.44. The molecular weight excluding hydrogens is 410 g/mol. The summed E-state index contributed by atoms with van der Waals surface area (Å²) in [5, 5.41) is 18.0. The molecule has 0 saturated carbocycles. The summed E-state index contributed by atoms with van der Waals surface area (Å²) in [6, 6.07) is 19.0. The molecule has 2 aliphatic heterocycles. The molecule has 0 spiro atoms. The number of nitriles is 1. The summed E-state index contributed by atoms with van der Waals surface area (Å²) in [4.78, 5) is 15.9. The molecule has 0 unspecified atom stereocenters. The lowest BCUT2D eigenvalue weighted by Gasteiger charge is -2.19. The Morgan fingerprint density at radius 2 is 1.18 bits per heavy atom. The number of hydrogen-bond donors (Lipinski definition) is 1. The van der Waals surface area contributed by atoms with Crippen molar-refractivity contribution in [2.24, 2.45) is 0 Å². The van der Waals surface area contributed by atoms with Crippen LogP contribution in [0.5, 0.6) is 0 Å². The lowest BCUT2D eigenvalue weighted by molar-refractivity contribution is -0.132. The molecule has 2 aliphatic rings. The molecule has 33 heavy (non-hydrogen) atoms. The zero-order valence-corrected chi connectivity index (χ0v) is 18.8. The van der Waals surface area contributed by atoms with Gasteiger partial charge in [-0.1, -0.05) is 42.5 Å². The van der Waals surface area contributed by atoms with Crippen molar-refractivity contribution in [1.82, 2.24) is 0 Å². The van der Waals surface area contributed by atoms with Gasteiger partial charge in [0.15, 0.2) is 0 Å². The second-order valence-corrected chi connectivity index (χ2v) is 8.44. The number of nitrogens with zero attached hydrogens (tertiary/aromatic N) is 3. The van der Waals surface area contributed by atoms with Crippen LogP contribution in [0, 0.1) is 11.3 Å². The molecule has 0 aliphatic carbocycles. The minimum atomic E-state index is -1.22. The van der Waals surface area contributed by atoms with Crippen LogP contribution in [0.1, 0.15) is 36.8 Å². The average molecular weight is 440 g/mol. The van der Waals surface area contributed by atoms with Crippen LogP contribution in [0.2, 0.25) is 0 Å². The van der Waals surface area contributed by atoms with Gasteiger partial charge in [0.05, 0.1) is 0 Å². The van der Waals surface area contributed by atoms with Crippen LogP contribution in [0.3, 0.4) is 0 Å². The molecule has 2 aromatic rings. The zero-order chi connectivity index (χ0) is 23.0. The Bertz CT molecular complexity index is 1030. The Morgan fingerprint density at radius 1 is 0.758 bits per heavy atom. The summed E-state index contributed by atoms with van der Waals surface area (Å²) >= 11 is 0. The van der Waals surface area contributed by atoms with E-state index in [-0.39, 0.29) is 5.57 Å². The number of benzene rings is 2. The van der Waals surface area contributed by atoms with Gasteiger partial charge in [0.1, 0.15) is 11.6 Å². The highest BCUT2D eigenvalue weighted by Crippen LogP contribution is 2.29. The van der Waals surface area contributed by atoms with E-state index >= 15 is 0 Å². The maximum atomic E-state index is 11.0. The standard InChI is InChI=1S/C28H29N3O2/c29-21-24(28(32)33)7-1-2-8-27(22-9-13-25(14-10-22)30-17-3-4-18-30)23-11-15-26(16-12-23)31-19-5-6-20-31/h1-2,7-16H,3-6,17-20H2,(H,32,33)/b2-1+,24-7+. The van der Waals surface area contributed by atoms with E-state index in [1.807, 2.05) is 6.08 Å². The third-order valence-corrected chi connectivity index (χ3v) is 6.29. The predicted molar refractivity (Wildman–Crippen MR) is 133 cm³/mol. The molecule has 0 bridgehead atoms. The van der Waals surface area contributed by atoms with E-state index in [9.17, 15) is 4.79 Å². The highest BCUT2D eigenvalue weighted by atomic mass is 16.4. The van der Waals surface area contributed by atoms with Crippen molar-refractivity contribution in [3.8, 4) is 6.07 Å². The number of allylic oxidation sites excluding steroid dienone is 4. The second kappa shape index (κ2) is 10.7. The van der Waals surface area contributed by atoms with E-state index in [0.717, 1.165) is 42.9 Å². The number of rotatable bonds is 7. The minimum Gasteiger partial charge on any atom is -0.477 e. The predicted octanol–water partition coefficient (Wildman–Crippen LogP) is 5.41. The fraction of sp³-hybridized carbons (Fsp3) is 0.286. The lowest BCUT2D eigenvalue weighted by atomic mass is 9.96. The van der Waals surface area contributed by atoms with Crippen LogP contribution in [-0.4, -0.2) is 37.3 Å². The first-order valence-corrected chi connectivity index (χ1v) is 11.6. The van der Waals surface area contributed by atoms with Gasteiger partial charge >= 0.3 is 5.97 Å². The van der Waals surface area contributed by atoms with Crippen LogP contribution >= 0.6 is 0 Å². The van der Waals surface area contributed by atoms with Crippen molar-refractivity contribution >= 4 is 22.9 Å². The van der Waals surface area contributed by atoms with E-state index < -0.39 is 5.97 Å². The third-order valence-electron chi connectivity index (χ3n) is 6.29. The van der Waals surface area contributed by atoms with Gasteiger partial charge in [-0.3, -0.25) is 0 Å². The molecule has 2 saturated heterocycles. The van der Waals surface area contributed by atoms with Gasteiger partial charge in [-0.2, -0.15) is 5.26 Å². The molecule has 0 atom stereocenters. The van der Waals surface area contributed by atoms with E-state index in [1.54, 1.807) is 18.2 Å². The molecule has 2 fully saturated rings. The molecule has 0 amide bonds. The topological polar surface area (TPSA) is 67.6 Å². The highest BCUT2D eigenvalue weighted by Gasteiger charge is 2.14. The Hall–Kier alpha value is -3.78. The third kappa shape index (κ3) is 5.53. The molecule has 0 aromatic heterocycles. The SMILES string of the molecule is N#C/C(=C\C=C\C=C(c1ccc(N2CCCC2)cc1)c1ccc(N2CCCC2)cc1)C(=O)O. The van der Waals surface area contributed by atoms with Crippen LogP contribution in [0.15, 0.2) is 78.4 Å². The Kier molecular flexibility index (Phi) is 7.26. The van der Waals surface area contributed by atoms with E-state index in [2.05, 4.69) is 58.3 Å². The Labute approximate surface area is 195 Å². The Morgan fingerprint density at radius 3 is 1.58 bits per heavy atom. The maximum absolute atomic E-state index is 11.0. The molecule has 168 valence electrons. The van der Waals surface area contributed by atoms with Crippen molar-refractivity contribution in [3.05, 3.63) is 89.5 Å². The molecule has 2 heterocycles. The smallest absolute Gasteiger partial charge is 0.346 e. The summed E-state index contributed by atoms with van der Waals surface area (Å²) in [5.74, 6) is -1.22. The number of anilines is 2. The van der Waals surface area contributed by atoms with E-state index in [1.165, 1.54) is 43.1 Å². The Balaban J connectivity index is 1.63. The van der Waals surface area contributed by atoms with Gasteiger partial charge in [0, 0.05) is 37.6 Å². The summed E-state index contributed by atoms with van der Waals surface area (Å²) < 4.78 is 0. The van der Waals surface area contributed by atoms with Crippen molar-refractivity contribution in [2.75, 3.05) is 36.0 Å². The van der Waals surface area contributed by atoms with Gasteiger partial charge < -0.3 is 14.9 Å². The van der Waals surface area contributed by atoms with Gasteiger partial charge in [0.2, 0.25) is 0 Å². The highest BCUT2D eigenvalue weighted by molar-refractivity contribution is 5.91. The van der Waals surface area contributed by atoms with E-state index in [0.29, 0.717) is 0 Å². The number of hydrogen-bond acceptors (Lipinski definition) is 4. The summed E-state index contributed by atoms with van der Waals surface area (Å²) in [6.07, 6.45) is 11.7. The minimum absolute atomic E-state index is 0.286. The molecule has 4 rings (SSSR count). The quantitative estimate of drug-likeness (QED) is 0.355. The molecule has 0 radical (unpaired) electrons. The molecular formula is C28H29N3O2. The van der Waals surface area contributed by atoms with Crippen molar-refractivity contribution < 1.29 is 9.90 Å². The first-order chi connectivity index (χ1) is 16.2. The first-order valence-electron chi connectivity index (χ1n) is 11.6. The number of carbonyl (C=O) groups is 1. The van der Waals surface area contributed by atoms with Gasteiger partial charge in [-0.05, 0) is 72.7 Å². The monoisotopic (exact) mass is 439 g/mol.